The van der Waals surface area contributed by atoms with Crippen LogP contribution >= 0.6 is 0 Å². The molecule has 18 heavy (non-hydrogen) atoms. The van der Waals surface area contributed by atoms with E-state index in [1.54, 1.807) is 0 Å². The number of aliphatic hydroxyl groups is 2. The van der Waals surface area contributed by atoms with Gasteiger partial charge >= 0.3 is 5.91 Å². The SMILES string of the molecule is CCCCCCCCCCCCC(O)(O)[N+](=O)[O-]. The lowest BCUT2D eigenvalue weighted by Crippen LogP contribution is -2.37. The van der Waals surface area contributed by atoms with Gasteiger partial charge in [-0.2, -0.15) is 0 Å². The minimum Gasteiger partial charge on any atom is -0.307 e. The van der Waals surface area contributed by atoms with Crippen molar-refractivity contribution in [3.05, 3.63) is 10.1 Å². The molecule has 5 heteroatoms. The van der Waals surface area contributed by atoms with E-state index in [0.717, 1.165) is 19.3 Å². The summed E-state index contributed by atoms with van der Waals surface area (Å²) in [6.07, 6.45) is 10.9. The number of nitro groups is 1. The van der Waals surface area contributed by atoms with Gasteiger partial charge < -0.3 is 10.2 Å². The fourth-order valence-electron chi connectivity index (χ4n) is 1.94. The smallest absolute Gasteiger partial charge is 0.307 e. The van der Waals surface area contributed by atoms with E-state index in [2.05, 4.69) is 6.92 Å². The zero-order chi connectivity index (χ0) is 13.9. The van der Waals surface area contributed by atoms with Crippen LogP contribution in [0.1, 0.15) is 77.6 Å². The first kappa shape index (κ1) is 17.3. The van der Waals surface area contributed by atoms with Crippen LogP contribution < -0.4 is 0 Å². The third kappa shape index (κ3) is 9.36. The molecule has 0 saturated heterocycles. The molecule has 5 nitrogen and oxygen atoms in total. The maximum atomic E-state index is 10.2. The van der Waals surface area contributed by atoms with E-state index < -0.39 is 10.8 Å². The average molecular weight is 261 g/mol. The van der Waals surface area contributed by atoms with E-state index in [4.69, 9.17) is 10.2 Å². The molecule has 0 aromatic rings. The summed E-state index contributed by atoms with van der Waals surface area (Å²) >= 11 is 0. The van der Waals surface area contributed by atoms with Crippen molar-refractivity contribution in [1.29, 1.82) is 0 Å². The molecule has 0 aliphatic heterocycles. The van der Waals surface area contributed by atoms with Crippen molar-refractivity contribution in [2.24, 2.45) is 0 Å². The number of rotatable bonds is 12. The third-order valence-electron chi connectivity index (χ3n) is 3.16. The molecule has 0 heterocycles. The van der Waals surface area contributed by atoms with Crippen molar-refractivity contribution in [1.82, 2.24) is 0 Å². The maximum absolute atomic E-state index is 10.2. The normalized spacial score (nSPS) is 11.7. The molecule has 0 spiro atoms. The summed E-state index contributed by atoms with van der Waals surface area (Å²) in [6, 6.07) is 0. The predicted octanol–water partition coefficient (Wildman–Crippen LogP) is 3.21. The second kappa shape index (κ2) is 10.3. The lowest BCUT2D eigenvalue weighted by Gasteiger charge is -2.11. The van der Waals surface area contributed by atoms with Crippen LogP contribution in [0.2, 0.25) is 0 Å². The topological polar surface area (TPSA) is 83.6 Å². The Morgan fingerprint density at radius 3 is 1.67 bits per heavy atom. The van der Waals surface area contributed by atoms with Gasteiger partial charge in [0.15, 0.2) is 0 Å². The van der Waals surface area contributed by atoms with Crippen LogP contribution in [0.5, 0.6) is 0 Å². The van der Waals surface area contributed by atoms with Gasteiger partial charge in [0.1, 0.15) is 0 Å². The maximum Gasteiger partial charge on any atom is 0.437 e. The fourth-order valence-corrected chi connectivity index (χ4v) is 1.94. The molecular weight excluding hydrogens is 234 g/mol. The third-order valence-corrected chi connectivity index (χ3v) is 3.16. The summed E-state index contributed by atoms with van der Waals surface area (Å²) < 4.78 is 0. The molecular formula is C13H27NO4. The van der Waals surface area contributed by atoms with E-state index in [1.165, 1.54) is 38.5 Å². The first-order chi connectivity index (χ1) is 8.50. The quantitative estimate of drug-likeness (QED) is 0.244. The molecule has 108 valence electrons. The fraction of sp³-hybridized carbons (Fsp3) is 1.00. The summed E-state index contributed by atoms with van der Waals surface area (Å²) in [5.41, 5.74) is 0. The molecule has 0 rings (SSSR count). The Hall–Kier alpha value is -0.680. The Morgan fingerprint density at radius 2 is 1.28 bits per heavy atom. The van der Waals surface area contributed by atoms with Crippen LogP contribution in [-0.4, -0.2) is 21.0 Å². The van der Waals surface area contributed by atoms with E-state index in [-0.39, 0.29) is 6.42 Å². The Balaban J connectivity index is 3.24. The van der Waals surface area contributed by atoms with Crippen LogP contribution in [0.3, 0.4) is 0 Å². The second-order valence-corrected chi connectivity index (χ2v) is 4.96. The van der Waals surface area contributed by atoms with E-state index in [9.17, 15) is 10.1 Å². The Morgan fingerprint density at radius 1 is 0.889 bits per heavy atom. The van der Waals surface area contributed by atoms with Crippen LogP contribution in [0.15, 0.2) is 0 Å². The number of hydrogen-bond donors (Lipinski definition) is 2. The molecule has 0 bridgehead atoms. The molecule has 0 atom stereocenters. The lowest BCUT2D eigenvalue weighted by molar-refractivity contribution is -0.684. The van der Waals surface area contributed by atoms with Gasteiger partial charge in [-0.3, -0.25) is 10.1 Å². The molecule has 0 aliphatic rings. The minimum absolute atomic E-state index is 0.184. The highest BCUT2D eigenvalue weighted by atomic mass is 16.7. The Bertz CT molecular complexity index is 219. The van der Waals surface area contributed by atoms with Crippen molar-refractivity contribution < 1.29 is 15.1 Å². The van der Waals surface area contributed by atoms with Gasteiger partial charge in [0.25, 0.3) is 0 Å². The molecule has 0 aliphatic carbocycles. The highest BCUT2D eigenvalue weighted by molar-refractivity contribution is 4.52. The molecule has 0 saturated carbocycles. The highest BCUT2D eigenvalue weighted by Gasteiger charge is 2.36. The minimum atomic E-state index is -2.74. The van der Waals surface area contributed by atoms with Crippen LogP contribution in [0.25, 0.3) is 0 Å². The summed E-state index contributed by atoms with van der Waals surface area (Å²) in [5, 5.41) is 28.2. The molecule has 0 amide bonds. The van der Waals surface area contributed by atoms with E-state index in [1.807, 2.05) is 0 Å². The van der Waals surface area contributed by atoms with Crippen molar-refractivity contribution in [2.45, 2.75) is 83.5 Å². The molecule has 0 unspecified atom stereocenters. The summed E-state index contributed by atoms with van der Waals surface area (Å²) in [4.78, 5) is 9.18. The summed E-state index contributed by atoms with van der Waals surface area (Å²) in [7, 11) is 0. The number of unbranched alkanes of at least 4 members (excludes halogenated alkanes) is 9. The van der Waals surface area contributed by atoms with Crippen LogP contribution in [-0.2, 0) is 0 Å². The van der Waals surface area contributed by atoms with Gasteiger partial charge in [0.2, 0.25) is 0 Å². The second-order valence-electron chi connectivity index (χ2n) is 4.96. The average Bonchev–Trinajstić information content (AvgIpc) is 2.31. The van der Waals surface area contributed by atoms with Crippen LogP contribution in [0.4, 0.5) is 0 Å². The van der Waals surface area contributed by atoms with Gasteiger partial charge in [0.05, 0.1) is 11.3 Å². The molecule has 0 aromatic carbocycles. The Labute approximate surface area is 109 Å². The monoisotopic (exact) mass is 261 g/mol. The number of hydrogen-bond acceptors (Lipinski definition) is 4. The van der Waals surface area contributed by atoms with Crippen molar-refractivity contribution in [3.8, 4) is 0 Å². The van der Waals surface area contributed by atoms with E-state index >= 15 is 0 Å². The van der Waals surface area contributed by atoms with Crippen molar-refractivity contribution >= 4 is 0 Å². The highest BCUT2D eigenvalue weighted by Crippen LogP contribution is 2.15. The molecule has 0 aromatic heterocycles. The van der Waals surface area contributed by atoms with Gasteiger partial charge in [-0.25, -0.2) is 0 Å². The summed E-state index contributed by atoms with van der Waals surface area (Å²) in [5.74, 6) is -2.74. The predicted molar refractivity (Wildman–Crippen MR) is 70.6 cm³/mol. The van der Waals surface area contributed by atoms with Gasteiger partial charge in [-0.05, 0) is 6.42 Å². The van der Waals surface area contributed by atoms with Gasteiger partial charge in [-0.1, -0.05) is 64.7 Å². The summed E-state index contributed by atoms with van der Waals surface area (Å²) in [6.45, 7) is 2.20. The number of nitrogens with zero attached hydrogens (tertiary/aromatic N) is 1. The van der Waals surface area contributed by atoms with Gasteiger partial charge in [-0.15, -0.1) is 0 Å². The molecule has 0 fully saturated rings. The van der Waals surface area contributed by atoms with Gasteiger partial charge in [0, 0.05) is 0 Å². The van der Waals surface area contributed by atoms with Crippen molar-refractivity contribution in [3.63, 3.8) is 0 Å². The zero-order valence-corrected chi connectivity index (χ0v) is 11.4. The van der Waals surface area contributed by atoms with Crippen molar-refractivity contribution in [2.75, 3.05) is 0 Å². The molecule has 0 radical (unpaired) electrons. The lowest BCUT2D eigenvalue weighted by atomic mass is 10.1. The largest absolute Gasteiger partial charge is 0.437 e. The first-order valence-corrected chi connectivity index (χ1v) is 7.10. The Kier molecular flexibility index (Phi) is 9.87. The first-order valence-electron chi connectivity index (χ1n) is 7.10. The van der Waals surface area contributed by atoms with E-state index in [0.29, 0.717) is 6.42 Å². The zero-order valence-electron chi connectivity index (χ0n) is 11.4. The standard InChI is InChI=1S/C13H27NO4/c1-2-3-4-5-6-7-8-9-10-11-12-13(15,16)14(17)18/h15-16H,2-12H2,1H3. The molecule has 2 N–H and O–H groups in total. The van der Waals surface area contributed by atoms with Crippen LogP contribution in [0, 0.1) is 10.1 Å².